The Kier molecular flexibility index (Phi) is 1.05. The van der Waals surface area contributed by atoms with Crippen LogP contribution in [0.3, 0.4) is 0 Å². The van der Waals surface area contributed by atoms with Crippen molar-refractivity contribution in [3.8, 4) is 0 Å². The molecule has 0 fully saturated rings. The van der Waals surface area contributed by atoms with Crippen molar-refractivity contribution in [3.05, 3.63) is 18.1 Å². The predicted molar refractivity (Wildman–Crippen MR) is 25.8 cm³/mol. The van der Waals surface area contributed by atoms with E-state index in [2.05, 4.69) is 10.9 Å². The van der Waals surface area contributed by atoms with Crippen molar-refractivity contribution >= 4 is 5.87 Å². The highest BCUT2D eigenvalue weighted by Crippen LogP contribution is 2.01. The molecular formula is C5H4FN. The van der Waals surface area contributed by atoms with Crippen LogP contribution in [0.1, 0.15) is 6.42 Å². The van der Waals surface area contributed by atoms with Gasteiger partial charge in [-0.2, -0.15) is 0 Å². The first kappa shape index (κ1) is 4.28. The molecule has 1 rings (SSSR count). The van der Waals surface area contributed by atoms with Gasteiger partial charge in [0.25, 0.3) is 0 Å². The molecule has 1 aliphatic heterocycles. The summed E-state index contributed by atoms with van der Waals surface area (Å²) in [4.78, 5) is 3.42. The van der Waals surface area contributed by atoms with Crippen molar-refractivity contribution in [1.29, 1.82) is 0 Å². The summed E-state index contributed by atoms with van der Waals surface area (Å²) in [5, 5.41) is 0. The van der Waals surface area contributed by atoms with E-state index in [1.165, 1.54) is 6.20 Å². The van der Waals surface area contributed by atoms with Gasteiger partial charge in [0.15, 0.2) is 5.83 Å². The minimum Gasteiger partial charge on any atom is -0.212 e. The van der Waals surface area contributed by atoms with E-state index in [1.54, 1.807) is 6.08 Å². The molecule has 0 radical (unpaired) electrons. The molecule has 0 amide bonds. The van der Waals surface area contributed by atoms with Gasteiger partial charge in [-0.05, 0) is 0 Å². The van der Waals surface area contributed by atoms with Crippen LogP contribution in [0.4, 0.5) is 4.39 Å². The van der Waals surface area contributed by atoms with Crippen molar-refractivity contribution in [1.82, 2.24) is 0 Å². The minimum atomic E-state index is -0.289. The zero-order valence-corrected chi connectivity index (χ0v) is 3.69. The maximum absolute atomic E-state index is 11.8. The first-order valence-corrected chi connectivity index (χ1v) is 2.02. The summed E-state index contributed by atoms with van der Waals surface area (Å²) in [6, 6.07) is 0. The molecule has 2 heteroatoms. The molecule has 7 heavy (non-hydrogen) atoms. The Morgan fingerprint density at radius 2 is 2.71 bits per heavy atom. The summed E-state index contributed by atoms with van der Waals surface area (Å²) in [5.41, 5.74) is 0. The van der Waals surface area contributed by atoms with Crippen LogP contribution < -0.4 is 0 Å². The van der Waals surface area contributed by atoms with E-state index in [0.29, 0.717) is 6.42 Å². The molecule has 0 aromatic rings. The van der Waals surface area contributed by atoms with Gasteiger partial charge in [-0.1, -0.05) is 6.08 Å². The number of allylic oxidation sites excluding steroid dienone is 2. The van der Waals surface area contributed by atoms with Crippen molar-refractivity contribution in [2.75, 3.05) is 0 Å². The second kappa shape index (κ2) is 1.71. The van der Waals surface area contributed by atoms with E-state index in [1.807, 2.05) is 0 Å². The number of halogens is 1. The van der Waals surface area contributed by atoms with Gasteiger partial charge in [-0.3, -0.25) is 0 Å². The van der Waals surface area contributed by atoms with Crippen LogP contribution in [0.25, 0.3) is 0 Å². The molecule has 0 unspecified atom stereocenters. The molecule has 0 aromatic carbocycles. The average Bonchev–Trinajstić information content (AvgIpc) is 1.69. The van der Waals surface area contributed by atoms with E-state index in [0.717, 1.165) is 0 Å². The van der Waals surface area contributed by atoms with Crippen LogP contribution in [0.15, 0.2) is 23.1 Å². The molecule has 0 aliphatic carbocycles. The fraction of sp³-hybridized carbons (Fsp3) is 0.200. The number of hydrogen-bond donors (Lipinski definition) is 0. The summed E-state index contributed by atoms with van der Waals surface area (Å²) >= 11 is 0. The highest BCUT2D eigenvalue weighted by Gasteiger charge is 1.89. The zero-order chi connectivity index (χ0) is 5.11. The molecule has 0 spiro atoms. The molecule has 0 atom stereocenters. The molecular weight excluding hydrogens is 93.1 g/mol. The lowest BCUT2D eigenvalue weighted by atomic mass is 10.4. The smallest absolute Gasteiger partial charge is 0.165 e. The molecule has 0 bridgehead atoms. The number of nitrogens with zero attached hydrogens (tertiary/aromatic N) is 1. The van der Waals surface area contributed by atoms with Crippen LogP contribution in [-0.4, -0.2) is 5.87 Å². The van der Waals surface area contributed by atoms with Gasteiger partial charge in [0.1, 0.15) is 0 Å². The zero-order valence-electron chi connectivity index (χ0n) is 3.69. The predicted octanol–water partition coefficient (Wildman–Crippen LogP) is 1.43. The van der Waals surface area contributed by atoms with Crippen LogP contribution in [0, 0.1) is 0 Å². The number of hydrogen-bond acceptors (Lipinski definition) is 1. The lowest BCUT2D eigenvalue weighted by Gasteiger charge is -1.85. The van der Waals surface area contributed by atoms with Crippen LogP contribution in [-0.2, 0) is 0 Å². The van der Waals surface area contributed by atoms with Gasteiger partial charge in [0.05, 0.1) is 0 Å². The highest BCUT2D eigenvalue weighted by atomic mass is 19.1. The molecule has 1 heterocycles. The first-order valence-electron chi connectivity index (χ1n) is 2.02. The lowest BCUT2D eigenvalue weighted by Crippen LogP contribution is -1.74. The molecule has 0 saturated carbocycles. The van der Waals surface area contributed by atoms with Gasteiger partial charge >= 0.3 is 0 Å². The van der Waals surface area contributed by atoms with Gasteiger partial charge < -0.3 is 0 Å². The largest absolute Gasteiger partial charge is 0.212 e. The molecule has 36 valence electrons. The molecule has 0 N–H and O–H groups in total. The van der Waals surface area contributed by atoms with Crippen molar-refractivity contribution in [3.63, 3.8) is 0 Å². The Balaban J connectivity index is 2.84. The van der Waals surface area contributed by atoms with E-state index < -0.39 is 0 Å². The summed E-state index contributed by atoms with van der Waals surface area (Å²) in [7, 11) is 0. The maximum atomic E-state index is 11.8. The minimum absolute atomic E-state index is 0.289. The monoisotopic (exact) mass is 97.0 g/mol. The second-order valence-electron chi connectivity index (χ2n) is 1.23. The van der Waals surface area contributed by atoms with Crippen LogP contribution >= 0.6 is 0 Å². The maximum Gasteiger partial charge on any atom is 0.165 e. The van der Waals surface area contributed by atoms with Gasteiger partial charge in [0.2, 0.25) is 0 Å². The van der Waals surface area contributed by atoms with Gasteiger partial charge in [0, 0.05) is 18.5 Å². The van der Waals surface area contributed by atoms with Crippen LogP contribution in [0.2, 0.25) is 0 Å². The molecule has 0 aromatic heterocycles. The molecule has 1 aliphatic rings. The number of aliphatic imine (C=N–C) groups is 1. The van der Waals surface area contributed by atoms with Crippen molar-refractivity contribution in [2.45, 2.75) is 6.42 Å². The number of rotatable bonds is 0. The standard InChI is InChI=1S/C5H4FN/c6-5-2-1-3-7-4-5/h1,3H,2H2. The summed E-state index contributed by atoms with van der Waals surface area (Å²) < 4.78 is 11.8. The molecule has 1 nitrogen and oxygen atoms in total. The average molecular weight is 97.1 g/mol. The summed E-state index contributed by atoms with van der Waals surface area (Å²) in [5.74, 6) is 1.88. The fourth-order valence-corrected chi connectivity index (χ4v) is 0.362. The Bertz CT molecular complexity index is 151. The third-order valence-electron chi connectivity index (χ3n) is 0.663. The van der Waals surface area contributed by atoms with E-state index in [-0.39, 0.29) is 5.83 Å². The molecule has 0 saturated heterocycles. The normalized spacial score (nSPS) is 17.0. The first-order chi connectivity index (χ1) is 3.39. The van der Waals surface area contributed by atoms with Crippen LogP contribution in [0.5, 0.6) is 0 Å². The van der Waals surface area contributed by atoms with Gasteiger partial charge in [-0.15, -0.1) is 0 Å². The lowest BCUT2D eigenvalue weighted by molar-refractivity contribution is 0.629. The topological polar surface area (TPSA) is 12.4 Å². The van der Waals surface area contributed by atoms with Gasteiger partial charge in [-0.25, -0.2) is 9.38 Å². The second-order valence-corrected chi connectivity index (χ2v) is 1.23. The van der Waals surface area contributed by atoms with E-state index in [4.69, 9.17) is 0 Å². The van der Waals surface area contributed by atoms with Crippen molar-refractivity contribution < 1.29 is 4.39 Å². The third-order valence-corrected chi connectivity index (χ3v) is 0.663. The Morgan fingerprint density at radius 1 is 1.86 bits per heavy atom. The Hall–Kier alpha value is -0.880. The summed E-state index contributed by atoms with van der Waals surface area (Å²) in [6.07, 6.45) is 3.53. The van der Waals surface area contributed by atoms with E-state index >= 15 is 0 Å². The van der Waals surface area contributed by atoms with Crippen molar-refractivity contribution in [2.24, 2.45) is 4.99 Å². The fourth-order valence-electron chi connectivity index (χ4n) is 0.362. The summed E-state index contributed by atoms with van der Waals surface area (Å²) in [6.45, 7) is 0. The SMILES string of the molecule is FC1=C=NC=CC1. The third kappa shape index (κ3) is 0.983. The quantitative estimate of drug-likeness (QED) is 0.433. The Morgan fingerprint density at radius 3 is 3.00 bits per heavy atom. The van der Waals surface area contributed by atoms with E-state index in [9.17, 15) is 4.39 Å². The Labute approximate surface area is 40.9 Å². The highest BCUT2D eigenvalue weighted by molar-refractivity contribution is 5.57.